The van der Waals surface area contributed by atoms with Gasteiger partial charge in [0.25, 0.3) is 0 Å². The van der Waals surface area contributed by atoms with Gasteiger partial charge in [-0.2, -0.15) is 5.10 Å². The molecule has 2 heterocycles. The molecule has 5 heteroatoms. The van der Waals surface area contributed by atoms with Gasteiger partial charge in [0, 0.05) is 38.6 Å². The van der Waals surface area contributed by atoms with E-state index in [9.17, 15) is 0 Å². The summed E-state index contributed by atoms with van der Waals surface area (Å²) in [5.41, 5.74) is 2.36. The van der Waals surface area contributed by atoms with Crippen molar-refractivity contribution in [2.45, 2.75) is 12.6 Å². The van der Waals surface area contributed by atoms with Gasteiger partial charge in [0.2, 0.25) is 0 Å². The van der Waals surface area contributed by atoms with Crippen LogP contribution >= 0.6 is 0 Å². The number of para-hydroxylation sites is 1. The minimum atomic E-state index is 0.278. The van der Waals surface area contributed by atoms with Gasteiger partial charge in [-0.25, -0.2) is 4.68 Å². The van der Waals surface area contributed by atoms with Crippen molar-refractivity contribution < 1.29 is 4.74 Å². The second-order valence-electron chi connectivity index (χ2n) is 5.47. The van der Waals surface area contributed by atoms with Crippen LogP contribution in [0.4, 0.5) is 0 Å². The Morgan fingerprint density at radius 3 is 3.05 bits per heavy atom. The molecular formula is C16H22N4O. The van der Waals surface area contributed by atoms with Crippen LogP contribution in [-0.2, 0) is 11.3 Å². The number of hydrogen-bond acceptors (Lipinski definition) is 4. The van der Waals surface area contributed by atoms with Gasteiger partial charge in [0.05, 0.1) is 18.4 Å². The molecule has 2 aromatic rings. The van der Waals surface area contributed by atoms with Gasteiger partial charge in [-0.15, -0.1) is 0 Å². The Bertz CT molecular complexity index is 555. The maximum absolute atomic E-state index is 5.77. The molecule has 112 valence electrons. The largest absolute Gasteiger partial charge is 0.374 e. The van der Waals surface area contributed by atoms with Crippen LogP contribution in [0.25, 0.3) is 5.69 Å². The lowest BCUT2D eigenvalue weighted by molar-refractivity contribution is -0.0182. The molecule has 0 saturated carbocycles. The van der Waals surface area contributed by atoms with E-state index in [0.29, 0.717) is 0 Å². The molecule has 1 aliphatic heterocycles. The zero-order valence-corrected chi connectivity index (χ0v) is 12.4. The molecular weight excluding hydrogens is 264 g/mol. The Balaban J connectivity index is 1.58. The molecule has 21 heavy (non-hydrogen) atoms. The summed E-state index contributed by atoms with van der Waals surface area (Å²) in [6, 6.07) is 10.3. The van der Waals surface area contributed by atoms with Crippen LogP contribution < -0.4 is 5.32 Å². The first kappa shape index (κ1) is 14.3. The van der Waals surface area contributed by atoms with Gasteiger partial charge in [-0.1, -0.05) is 18.2 Å². The Morgan fingerprint density at radius 1 is 1.33 bits per heavy atom. The highest BCUT2D eigenvalue weighted by molar-refractivity contribution is 5.40. The summed E-state index contributed by atoms with van der Waals surface area (Å²) in [4.78, 5) is 2.31. The van der Waals surface area contributed by atoms with Crippen LogP contribution in [-0.4, -0.2) is 54.1 Å². The van der Waals surface area contributed by atoms with Crippen LogP contribution in [0.3, 0.4) is 0 Å². The van der Waals surface area contributed by atoms with Crippen molar-refractivity contribution >= 4 is 0 Å². The third-order valence-corrected chi connectivity index (χ3v) is 3.77. The highest BCUT2D eigenvalue weighted by Crippen LogP contribution is 2.13. The van der Waals surface area contributed by atoms with Gasteiger partial charge in [0.1, 0.15) is 0 Å². The molecule has 0 spiro atoms. The monoisotopic (exact) mass is 286 g/mol. The van der Waals surface area contributed by atoms with Crippen LogP contribution in [0.2, 0.25) is 0 Å². The van der Waals surface area contributed by atoms with Crippen molar-refractivity contribution in [1.82, 2.24) is 20.0 Å². The fourth-order valence-corrected chi connectivity index (χ4v) is 2.65. The number of nitrogens with zero attached hydrogens (tertiary/aromatic N) is 3. The highest BCUT2D eigenvalue weighted by atomic mass is 16.5. The van der Waals surface area contributed by atoms with Crippen LogP contribution in [0, 0.1) is 0 Å². The second kappa shape index (κ2) is 6.85. The molecule has 0 aliphatic carbocycles. The number of nitrogens with one attached hydrogen (secondary N) is 1. The molecule has 1 N–H and O–H groups in total. The zero-order chi connectivity index (χ0) is 14.5. The number of hydrogen-bond donors (Lipinski definition) is 1. The second-order valence-corrected chi connectivity index (χ2v) is 5.47. The first-order valence-corrected chi connectivity index (χ1v) is 7.42. The van der Waals surface area contributed by atoms with Gasteiger partial charge in [-0.05, 0) is 24.7 Å². The molecule has 1 saturated heterocycles. The van der Waals surface area contributed by atoms with Gasteiger partial charge < -0.3 is 15.0 Å². The zero-order valence-electron chi connectivity index (χ0n) is 12.4. The predicted molar refractivity (Wildman–Crippen MR) is 82.5 cm³/mol. The van der Waals surface area contributed by atoms with E-state index in [1.165, 1.54) is 5.56 Å². The lowest BCUT2D eigenvalue weighted by Gasteiger charge is -2.30. The number of morpholine rings is 1. The van der Waals surface area contributed by atoms with E-state index in [4.69, 9.17) is 4.74 Å². The summed E-state index contributed by atoms with van der Waals surface area (Å²) in [5.74, 6) is 0. The van der Waals surface area contributed by atoms with E-state index >= 15 is 0 Å². The van der Waals surface area contributed by atoms with E-state index in [1.807, 2.05) is 23.0 Å². The van der Waals surface area contributed by atoms with E-state index in [1.54, 1.807) is 6.20 Å². The van der Waals surface area contributed by atoms with E-state index in [0.717, 1.165) is 38.5 Å². The first-order valence-electron chi connectivity index (χ1n) is 7.42. The Kier molecular flexibility index (Phi) is 4.65. The highest BCUT2D eigenvalue weighted by Gasteiger charge is 2.17. The topological polar surface area (TPSA) is 42.3 Å². The van der Waals surface area contributed by atoms with Gasteiger partial charge >= 0.3 is 0 Å². The van der Waals surface area contributed by atoms with Crippen molar-refractivity contribution in [3.63, 3.8) is 0 Å². The molecule has 3 rings (SSSR count). The Morgan fingerprint density at radius 2 is 2.24 bits per heavy atom. The summed E-state index contributed by atoms with van der Waals surface area (Å²) in [5, 5.41) is 7.81. The predicted octanol–water partition coefficient (Wildman–Crippen LogP) is 1.29. The van der Waals surface area contributed by atoms with Gasteiger partial charge in [-0.3, -0.25) is 0 Å². The molecule has 0 bridgehead atoms. The van der Waals surface area contributed by atoms with E-state index in [2.05, 4.69) is 40.6 Å². The standard InChI is InChI=1S/C16H22N4O/c1-19-9-10-21-15(13-19)12-17-11-14-5-2-3-6-16(14)20-8-4-7-18-20/h2-8,15,17H,9-13H2,1H3. The third kappa shape index (κ3) is 3.69. The number of ether oxygens (including phenoxy) is 1. The SMILES string of the molecule is CN1CCOC(CNCc2ccccc2-n2cccn2)C1. The summed E-state index contributed by atoms with van der Waals surface area (Å²) >= 11 is 0. The quantitative estimate of drug-likeness (QED) is 0.899. The minimum Gasteiger partial charge on any atom is -0.374 e. The molecule has 0 radical (unpaired) electrons. The molecule has 1 fully saturated rings. The maximum atomic E-state index is 5.77. The van der Waals surface area contributed by atoms with Crippen molar-refractivity contribution in [3.8, 4) is 5.69 Å². The molecule has 1 aliphatic rings. The van der Waals surface area contributed by atoms with Gasteiger partial charge in [0.15, 0.2) is 0 Å². The van der Waals surface area contributed by atoms with Crippen LogP contribution in [0.5, 0.6) is 0 Å². The lowest BCUT2D eigenvalue weighted by atomic mass is 10.1. The summed E-state index contributed by atoms with van der Waals surface area (Å²) in [7, 11) is 2.14. The molecule has 5 nitrogen and oxygen atoms in total. The number of aromatic nitrogens is 2. The van der Waals surface area contributed by atoms with Crippen molar-refractivity contribution in [2.24, 2.45) is 0 Å². The van der Waals surface area contributed by atoms with Crippen molar-refractivity contribution in [2.75, 3.05) is 33.3 Å². The van der Waals surface area contributed by atoms with Crippen LogP contribution in [0.15, 0.2) is 42.7 Å². The van der Waals surface area contributed by atoms with Crippen molar-refractivity contribution in [3.05, 3.63) is 48.3 Å². The lowest BCUT2D eigenvalue weighted by Crippen LogP contribution is -2.44. The number of likely N-dealkylation sites (N-methyl/N-ethyl adjacent to an activating group) is 1. The van der Waals surface area contributed by atoms with E-state index < -0.39 is 0 Å². The molecule has 1 unspecified atom stereocenters. The number of benzene rings is 1. The smallest absolute Gasteiger partial charge is 0.0826 e. The molecule has 1 aromatic carbocycles. The average Bonchev–Trinajstić information content (AvgIpc) is 3.02. The van der Waals surface area contributed by atoms with Crippen LogP contribution in [0.1, 0.15) is 5.56 Å². The Hall–Kier alpha value is -1.69. The fourth-order valence-electron chi connectivity index (χ4n) is 2.65. The fraction of sp³-hybridized carbons (Fsp3) is 0.438. The minimum absolute atomic E-state index is 0.278. The maximum Gasteiger partial charge on any atom is 0.0826 e. The summed E-state index contributed by atoms with van der Waals surface area (Å²) in [6.07, 6.45) is 4.05. The third-order valence-electron chi connectivity index (χ3n) is 3.77. The molecule has 0 amide bonds. The normalized spacial score (nSPS) is 19.8. The average molecular weight is 286 g/mol. The molecule has 1 atom stereocenters. The van der Waals surface area contributed by atoms with Crippen molar-refractivity contribution in [1.29, 1.82) is 0 Å². The summed E-state index contributed by atoms with van der Waals surface area (Å²) < 4.78 is 7.67. The van der Waals surface area contributed by atoms with E-state index in [-0.39, 0.29) is 6.10 Å². The Labute approximate surface area is 125 Å². The number of rotatable bonds is 5. The first-order chi connectivity index (χ1) is 10.3. The molecule has 1 aromatic heterocycles. The summed E-state index contributed by atoms with van der Waals surface area (Å²) in [6.45, 7) is 4.54.